The lowest BCUT2D eigenvalue weighted by Gasteiger charge is -2.31. The molecular formula is C34H38FN3O5Si. The van der Waals surface area contributed by atoms with E-state index in [1.54, 1.807) is 25.1 Å². The summed E-state index contributed by atoms with van der Waals surface area (Å²) in [7, 11) is -1.72. The highest BCUT2D eigenvalue weighted by atomic mass is 28.4. The number of anilines is 2. The number of hydrogen-bond acceptors (Lipinski definition) is 6. The van der Waals surface area contributed by atoms with Crippen LogP contribution in [0.1, 0.15) is 42.9 Å². The van der Waals surface area contributed by atoms with Crippen LogP contribution in [0.25, 0.3) is 0 Å². The molecule has 0 aromatic heterocycles. The lowest BCUT2D eigenvalue weighted by atomic mass is 9.82. The standard InChI is InChI=1S/C34H38FN3O5Si/c1-22-32(44(3,4)35)30(18-19-39)43-34(22)27-20-26(42-2)14-16-29(27)37(33(34)41)21-23-10-12-25(13-11-23)38-31(40)17-15-28(36-38)24-8-6-5-7-9-24/h5-14,16,20,22,30,32,39H,15,17-19,21H2,1-4H3/t22-,30+,32-,34+/m1/s1. The van der Waals surface area contributed by atoms with Gasteiger partial charge in [-0.25, -0.2) is 5.01 Å². The molecule has 10 heteroatoms. The number of nitrogens with zero attached hydrogens (tertiary/aromatic N) is 3. The van der Waals surface area contributed by atoms with Gasteiger partial charge in [-0.2, -0.15) is 5.10 Å². The molecule has 0 saturated carbocycles. The smallest absolute Gasteiger partial charge is 0.264 e. The molecule has 230 valence electrons. The quantitative estimate of drug-likeness (QED) is 0.251. The molecule has 8 nitrogen and oxygen atoms in total. The molecule has 3 heterocycles. The second kappa shape index (κ2) is 11.6. The molecule has 3 aliphatic rings. The van der Waals surface area contributed by atoms with Gasteiger partial charge in [-0.05, 0) is 61.0 Å². The summed E-state index contributed by atoms with van der Waals surface area (Å²) in [4.78, 5) is 29.0. The SMILES string of the molecule is COc1ccc2c(c1)[C@]1(O[C@@H](CCO)[C@H]([Si](C)(C)F)[C@H]1C)C(=O)N2Cc1ccc(N2N=C(c3ccccc3)CCC2=O)cc1. The van der Waals surface area contributed by atoms with Crippen LogP contribution in [0.3, 0.4) is 0 Å². The number of amides is 2. The van der Waals surface area contributed by atoms with Crippen molar-refractivity contribution in [1.82, 2.24) is 0 Å². The molecule has 1 N–H and O–H groups in total. The van der Waals surface area contributed by atoms with E-state index in [1.807, 2.05) is 79.7 Å². The predicted octanol–water partition coefficient (Wildman–Crippen LogP) is 5.93. The third kappa shape index (κ3) is 5.04. The summed E-state index contributed by atoms with van der Waals surface area (Å²) >= 11 is 0. The number of ether oxygens (including phenoxy) is 2. The molecule has 2 amide bonds. The number of fused-ring (bicyclic) bond motifs is 2. The molecule has 3 aliphatic heterocycles. The van der Waals surface area contributed by atoms with Crippen LogP contribution in [0.2, 0.25) is 18.6 Å². The van der Waals surface area contributed by atoms with Crippen LogP contribution in [0.4, 0.5) is 15.5 Å². The first-order valence-electron chi connectivity index (χ1n) is 15.1. The van der Waals surface area contributed by atoms with Crippen LogP contribution < -0.4 is 14.6 Å². The summed E-state index contributed by atoms with van der Waals surface area (Å²) in [5.74, 6) is -0.184. The van der Waals surface area contributed by atoms with E-state index in [4.69, 9.17) is 9.47 Å². The number of rotatable bonds is 8. The van der Waals surface area contributed by atoms with Crippen molar-refractivity contribution in [2.75, 3.05) is 23.6 Å². The first kappa shape index (κ1) is 30.2. The third-order valence-electron chi connectivity index (χ3n) is 9.24. The number of halogens is 1. The van der Waals surface area contributed by atoms with Gasteiger partial charge in [-0.15, -0.1) is 0 Å². The molecule has 6 rings (SSSR count). The highest BCUT2D eigenvalue weighted by molar-refractivity contribution is 6.72. The molecular weight excluding hydrogens is 577 g/mol. The Labute approximate surface area is 258 Å². The monoisotopic (exact) mass is 615 g/mol. The molecule has 0 radical (unpaired) electrons. The van der Waals surface area contributed by atoms with E-state index in [0.29, 0.717) is 35.5 Å². The maximum Gasteiger partial charge on any atom is 0.264 e. The summed E-state index contributed by atoms with van der Waals surface area (Å²) in [6, 6.07) is 22.8. The van der Waals surface area contributed by atoms with Crippen molar-refractivity contribution in [1.29, 1.82) is 0 Å². The Bertz CT molecular complexity index is 1590. The molecule has 0 bridgehead atoms. The number of aliphatic hydroxyl groups is 1. The first-order valence-corrected chi connectivity index (χ1v) is 18.1. The molecule has 1 saturated heterocycles. The van der Waals surface area contributed by atoms with Crippen LogP contribution in [0.5, 0.6) is 5.75 Å². The van der Waals surface area contributed by atoms with Gasteiger partial charge < -0.3 is 23.6 Å². The highest BCUT2D eigenvalue weighted by Crippen LogP contribution is 2.60. The molecule has 44 heavy (non-hydrogen) atoms. The van der Waals surface area contributed by atoms with E-state index in [9.17, 15) is 14.7 Å². The van der Waals surface area contributed by atoms with E-state index in [1.165, 1.54) is 5.01 Å². The molecule has 1 spiro atoms. The van der Waals surface area contributed by atoms with Crippen molar-refractivity contribution < 1.29 is 28.3 Å². The molecule has 0 unspecified atom stereocenters. The fourth-order valence-corrected chi connectivity index (χ4v) is 9.77. The topological polar surface area (TPSA) is 91.7 Å². The summed E-state index contributed by atoms with van der Waals surface area (Å²) in [6.45, 7) is 5.29. The zero-order chi connectivity index (χ0) is 31.2. The van der Waals surface area contributed by atoms with Crippen LogP contribution in [-0.4, -0.2) is 50.9 Å². The fraction of sp³-hybridized carbons (Fsp3) is 0.382. The van der Waals surface area contributed by atoms with E-state index < -0.39 is 31.6 Å². The van der Waals surface area contributed by atoms with Gasteiger partial charge in [0.25, 0.3) is 5.91 Å². The minimum absolute atomic E-state index is 0.0735. The number of aliphatic hydroxyl groups excluding tert-OH is 1. The summed E-state index contributed by atoms with van der Waals surface area (Å²) in [6.07, 6.45) is 0.639. The van der Waals surface area contributed by atoms with Gasteiger partial charge in [0.2, 0.25) is 14.3 Å². The fourth-order valence-electron chi connectivity index (χ4n) is 7.22. The third-order valence-corrected chi connectivity index (χ3v) is 11.7. The van der Waals surface area contributed by atoms with Crippen molar-refractivity contribution in [2.24, 2.45) is 11.0 Å². The number of hydrazone groups is 1. The maximum absolute atomic E-state index is 15.8. The number of methoxy groups -OCH3 is 1. The number of benzene rings is 3. The van der Waals surface area contributed by atoms with Crippen LogP contribution in [-0.2, 0) is 26.5 Å². The Kier molecular flexibility index (Phi) is 7.94. The number of carbonyl (C=O) groups excluding carboxylic acids is 2. The zero-order valence-electron chi connectivity index (χ0n) is 25.5. The zero-order valence-corrected chi connectivity index (χ0v) is 26.5. The number of carbonyl (C=O) groups is 2. The van der Waals surface area contributed by atoms with E-state index in [2.05, 4.69) is 5.10 Å². The Hall–Kier alpha value is -3.86. The predicted molar refractivity (Wildman–Crippen MR) is 170 cm³/mol. The maximum atomic E-state index is 15.8. The van der Waals surface area contributed by atoms with Crippen molar-refractivity contribution in [3.8, 4) is 5.75 Å². The van der Waals surface area contributed by atoms with Crippen LogP contribution in [0.15, 0.2) is 77.9 Å². The van der Waals surface area contributed by atoms with Gasteiger partial charge in [0, 0.05) is 36.5 Å². The molecule has 1 fully saturated rings. The highest BCUT2D eigenvalue weighted by Gasteiger charge is 2.66. The summed E-state index contributed by atoms with van der Waals surface area (Å²) in [5.41, 5.74) is 2.86. The van der Waals surface area contributed by atoms with E-state index >= 15 is 4.11 Å². The van der Waals surface area contributed by atoms with Crippen molar-refractivity contribution in [2.45, 2.75) is 63.1 Å². The first-order chi connectivity index (χ1) is 21.1. The van der Waals surface area contributed by atoms with E-state index in [-0.39, 0.29) is 31.4 Å². The van der Waals surface area contributed by atoms with Crippen molar-refractivity contribution >= 4 is 37.3 Å². The van der Waals surface area contributed by atoms with Gasteiger partial charge >= 0.3 is 0 Å². The Balaban J connectivity index is 1.32. The summed E-state index contributed by atoms with van der Waals surface area (Å²) in [5, 5.41) is 15.9. The van der Waals surface area contributed by atoms with Gasteiger partial charge in [0.1, 0.15) is 5.75 Å². The van der Waals surface area contributed by atoms with Gasteiger partial charge in [0.15, 0.2) is 5.60 Å². The Morgan fingerprint density at radius 1 is 1.07 bits per heavy atom. The van der Waals surface area contributed by atoms with Crippen LogP contribution >= 0.6 is 0 Å². The average Bonchev–Trinajstić information content (AvgIpc) is 3.44. The Morgan fingerprint density at radius 2 is 1.80 bits per heavy atom. The summed E-state index contributed by atoms with van der Waals surface area (Å²) < 4.78 is 27.9. The molecule has 0 aliphatic carbocycles. The van der Waals surface area contributed by atoms with Gasteiger partial charge in [-0.1, -0.05) is 49.4 Å². The lowest BCUT2D eigenvalue weighted by molar-refractivity contribution is -0.146. The second-order valence-electron chi connectivity index (χ2n) is 12.3. The molecule has 4 atom stereocenters. The van der Waals surface area contributed by atoms with Gasteiger partial charge in [-0.3, -0.25) is 9.59 Å². The molecule has 3 aromatic carbocycles. The minimum Gasteiger partial charge on any atom is -0.497 e. The van der Waals surface area contributed by atoms with Gasteiger partial charge in [0.05, 0.1) is 36.8 Å². The Morgan fingerprint density at radius 3 is 2.45 bits per heavy atom. The largest absolute Gasteiger partial charge is 0.497 e. The second-order valence-corrected chi connectivity index (χ2v) is 16.1. The van der Waals surface area contributed by atoms with Crippen molar-refractivity contribution in [3.05, 3.63) is 89.5 Å². The minimum atomic E-state index is -3.29. The normalized spacial score (nSPS) is 25.0. The van der Waals surface area contributed by atoms with E-state index in [0.717, 1.165) is 16.8 Å². The van der Waals surface area contributed by atoms with Crippen LogP contribution in [0, 0.1) is 5.92 Å². The average molecular weight is 616 g/mol. The number of hydrogen-bond donors (Lipinski definition) is 1. The molecule has 3 aromatic rings. The van der Waals surface area contributed by atoms with Crippen molar-refractivity contribution in [3.63, 3.8) is 0 Å². The lowest BCUT2D eigenvalue weighted by Crippen LogP contribution is -2.45.